The third-order valence-corrected chi connectivity index (χ3v) is 4.73. The quantitative estimate of drug-likeness (QED) is 0.882. The van der Waals surface area contributed by atoms with E-state index in [1.165, 1.54) is 24.8 Å². The van der Waals surface area contributed by atoms with Gasteiger partial charge >= 0.3 is 0 Å². The first kappa shape index (κ1) is 14.1. The monoisotopic (exact) mass is 256 g/mol. The third kappa shape index (κ3) is 3.16. The van der Waals surface area contributed by atoms with Crippen LogP contribution in [-0.4, -0.2) is 6.04 Å². The SMILES string of the molecule is CCC1CCC(NC(C)c2cccc(C#N)c2)C1C. The highest BCUT2D eigenvalue weighted by molar-refractivity contribution is 5.34. The number of benzene rings is 1. The molecule has 0 amide bonds. The number of rotatable bonds is 4. The summed E-state index contributed by atoms with van der Waals surface area (Å²) in [6, 6.07) is 11.1. The molecular weight excluding hydrogens is 232 g/mol. The predicted molar refractivity (Wildman–Crippen MR) is 78.7 cm³/mol. The molecular formula is C17H24N2. The van der Waals surface area contributed by atoms with Crippen LogP contribution in [0.15, 0.2) is 24.3 Å². The Kier molecular flexibility index (Phi) is 4.61. The van der Waals surface area contributed by atoms with E-state index in [4.69, 9.17) is 5.26 Å². The van der Waals surface area contributed by atoms with E-state index in [1.54, 1.807) is 0 Å². The zero-order valence-corrected chi connectivity index (χ0v) is 12.2. The summed E-state index contributed by atoms with van der Waals surface area (Å²) in [7, 11) is 0. The van der Waals surface area contributed by atoms with Crippen LogP contribution in [0.2, 0.25) is 0 Å². The van der Waals surface area contributed by atoms with Gasteiger partial charge in [0.25, 0.3) is 0 Å². The fourth-order valence-corrected chi connectivity index (χ4v) is 3.35. The minimum atomic E-state index is 0.316. The largest absolute Gasteiger partial charge is 0.307 e. The maximum atomic E-state index is 8.97. The molecule has 2 heteroatoms. The topological polar surface area (TPSA) is 35.8 Å². The van der Waals surface area contributed by atoms with Gasteiger partial charge in [0.1, 0.15) is 0 Å². The van der Waals surface area contributed by atoms with Crippen molar-refractivity contribution >= 4 is 0 Å². The molecule has 0 radical (unpaired) electrons. The van der Waals surface area contributed by atoms with Crippen molar-refractivity contribution in [2.75, 3.05) is 0 Å². The molecule has 1 fully saturated rings. The Balaban J connectivity index is 2.01. The Hall–Kier alpha value is -1.33. The van der Waals surface area contributed by atoms with Crippen molar-refractivity contribution in [1.29, 1.82) is 5.26 Å². The normalized spacial score (nSPS) is 28.0. The second kappa shape index (κ2) is 6.21. The molecule has 4 unspecified atom stereocenters. The van der Waals surface area contributed by atoms with Gasteiger partial charge in [-0.3, -0.25) is 0 Å². The van der Waals surface area contributed by atoms with E-state index in [2.05, 4.69) is 38.2 Å². The van der Waals surface area contributed by atoms with Crippen molar-refractivity contribution in [3.05, 3.63) is 35.4 Å². The first-order valence-corrected chi connectivity index (χ1v) is 7.41. The predicted octanol–water partition coefficient (Wildman–Crippen LogP) is 4.03. The van der Waals surface area contributed by atoms with Gasteiger partial charge in [-0.25, -0.2) is 0 Å². The standard InChI is InChI=1S/C17H24N2/c1-4-15-8-9-17(12(15)2)19-13(3)16-7-5-6-14(10-16)11-18/h5-7,10,12-13,15,17,19H,4,8-9H2,1-3H3. The third-order valence-electron chi connectivity index (χ3n) is 4.73. The molecule has 0 aliphatic heterocycles. The number of hydrogen-bond donors (Lipinski definition) is 1. The molecule has 102 valence electrons. The number of nitriles is 1. The molecule has 1 aromatic rings. The van der Waals surface area contributed by atoms with Gasteiger partial charge in [0, 0.05) is 12.1 Å². The van der Waals surface area contributed by atoms with Crippen LogP contribution in [0.25, 0.3) is 0 Å². The molecule has 1 aliphatic carbocycles. The lowest BCUT2D eigenvalue weighted by molar-refractivity contribution is 0.327. The smallest absolute Gasteiger partial charge is 0.0991 e. The Labute approximate surface area is 116 Å². The van der Waals surface area contributed by atoms with E-state index in [9.17, 15) is 0 Å². The van der Waals surface area contributed by atoms with Crippen LogP contribution in [0.5, 0.6) is 0 Å². The number of nitrogens with one attached hydrogen (secondary N) is 1. The second-order valence-corrected chi connectivity index (χ2v) is 5.84. The van der Waals surface area contributed by atoms with Gasteiger partial charge in [0.15, 0.2) is 0 Å². The summed E-state index contributed by atoms with van der Waals surface area (Å²) in [6.45, 7) is 6.86. The average Bonchev–Trinajstić information content (AvgIpc) is 2.79. The average molecular weight is 256 g/mol. The molecule has 0 bridgehead atoms. The lowest BCUT2D eigenvalue weighted by Gasteiger charge is -2.25. The van der Waals surface area contributed by atoms with Gasteiger partial charge in [-0.1, -0.05) is 32.4 Å². The van der Waals surface area contributed by atoms with Crippen LogP contribution in [0, 0.1) is 23.2 Å². The number of hydrogen-bond acceptors (Lipinski definition) is 2. The summed E-state index contributed by atoms with van der Waals surface area (Å²) in [6.07, 6.45) is 3.92. The van der Waals surface area contributed by atoms with Crippen molar-refractivity contribution < 1.29 is 0 Å². The van der Waals surface area contributed by atoms with E-state index in [0.29, 0.717) is 12.1 Å². The second-order valence-electron chi connectivity index (χ2n) is 5.84. The summed E-state index contributed by atoms with van der Waals surface area (Å²) in [5.41, 5.74) is 1.96. The molecule has 0 heterocycles. The Morgan fingerprint density at radius 1 is 1.42 bits per heavy atom. The first-order chi connectivity index (χ1) is 9.15. The highest BCUT2D eigenvalue weighted by atomic mass is 15.0. The Morgan fingerprint density at radius 3 is 2.84 bits per heavy atom. The lowest BCUT2D eigenvalue weighted by Crippen LogP contribution is -2.34. The van der Waals surface area contributed by atoms with E-state index in [1.807, 2.05) is 18.2 Å². The van der Waals surface area contributed by atoms with E-state index < -0.39 is 0 Å². The van der Waals surface area contributed by atoms with E-state index in [0.717, 1.165) is 17.4 Å². The van der Waals surface area contributed by atoms with Crippen LogP contribution >= 0.6 is 0 Å². The summed E-state index contributed by atoms with van der Waals surface area (Å²) < 4.78 is 0. The summed E-state index contributed by atoms with van der Waals surface area (Å²) >= 11 is 0. The minimum absolute atomic E-state index is 0.316. The zero-order chi connectivity index (χ0) is 13.8. The lowest BCUT2D eigenvalue weighted by atomic mass is 9.93. The van der Waals surface area contributed by atoms with E-state index >= 15 is 0 Å². The van der Waals surface area contributed by atoms with Crippen molar-refractivity contribution in [3.63, 3.8) is 0 Å². The summed E-state index contributed by atoms with van der Waals surface area (Å²) in [4.78, 5) is 0. The van der Waals surface area contributed by atoms with Crippen LogP contribution in [0.4, 0.5) is 0 Å². The van der Waals surface area contributed by atoms with Crippen molar-refractivity contribution in [3.8, 4) is 6.07 Å². The van der Waals surface area contributed by atoms with Gasteiger partial charge in [0.2, 0.25) is 0 Å². The van der Waals surface area contributed by atoms with E-state index in [-0.39, 0.29) is 0 Å². The molecule has 0 aromatic heterocycles. The van der Waals surface area contributed by atoms with Gasteiger partial charge in [-0.05, 0) is 49.3 Å². The zero-order valence-electron chi connectivity index (χ0n) is 12.2. The number of nitrogens with zero attached hydrogens (tertiary/aromatic N) is 1. The molecule has 1 N–H and O–H groups in total. The first-order valence-electron chi connectivity index (χ1n) is 7.41. The highest BCUT2D eigenvalue weighted by Gasteiger charge is 2.32. The molecule has 1 aromatic carbocycles. The molecule has 0 spiro atoms. The minimum Gasteiger partial charge on any atom is -0.307 e. The van der Waals surface area contributed by atoms with Crippen molar-refractivity contribution in [2.45, 2.75) is 52.1 Å². The summed E-state index contributed by atoms with van der Waals surface area (Å²) in [5, 5.41) is 12.7. The van der Waals surface area contributed by atoms with Crippen LogP contribution in [0.1, 0.15) is 57.2 Å². The molecule has 1 saturated carbocycles. The highest BCUT2D eigenvalue weighted by Crippen LogP contribution is 2.35. The maximum Gasteiger partial charge on any atom is 0.0991 e. The molecule has 2 nitrogen and oxygen atoms in total. The summed E-state index contributed by atoms with van der Waals surface area (Å²) in [5.74, 6) is 1.63. The Bertz CT molecular complexity index is 461. The molecule has 2 rings (SSSR count). The fourth-order valence-electron chi connectivity index (χ4n) is 3.35. The van der Waals surface area contributed by atoms with Crippen molar-refractivity contribution in [2.24, 2.45) is 11.8 Å². The molecule has 19 heavy (non-hydrogen) atoms. The van der Waals surface area contributed by atoms with Crippen LogP contribution < -0.4 is 5.32 Å². The van der Waals surface area contributed by atoms with Gasteiger partial charge < -0.3 is 5.32 Å². The van der Waals surface area contributed by atoms with Crippen LogP contribution in [-0.2, 0) is 0 Å². The van der Waals surface area contributed by atoms with Crippen LogP contribution in [0.3, 0.4) is 0 Å². The maximum absolute atomic E-state index is 8.97. The Morgan fingerprint density at radius 2 is 2.21 bits per heavy atom. The van der Waals surface area contributed by atoms with Gasteiger partial charge in [-0.15, -0.1) is 0 Å². The van der Waals surface area contributed by atoms with Gasteiger partial charge in [-0.2, -0.15) is 5.26 Å². The fraction of sp³-hybridized carbons (Fsp3) is 0.588. The van der Waals surface area contributed by atoms with Gasteiger partial charge in [0.05, 0.1) is 11.6 Å². The molecule has 1 aliphatic rings. The molecule has 4 atom stereocenters. The molecule has 0 saturated heterocycles. The van der Waals surface area contributed by atoms with Crippen molar-refractivity contribution in [1.82, 2.24) is 5.32 Å².